The van der Waals surface area contributed by atoms with Gasteiger partial charge < -0.3 is 14.6 Å². The summed E-state index contributed by atoms with van der Waals surface area (Å²) >= 11 is 0. The molecule has 0 radical (unpaired) electrons. The average Bonchev–Trinajstić information content (AvgIpc) is 2.68. The zero-order valence-corrected chi connectivity index (χ0v) is 18.3. The maximum atomic E-state index is 13.0. The van der Waals surface area contributed by atoms with E-state index in [1.807, 2.05) is 25.7 Å². The normalized spacial score (nSPS) is 20.2. The fraction of sp³-hybridized carbons (Fsp3) is 0.524. The lowest BCUT2D eigenvalue weighted by molar-refractivity contribution is -0.138. The molecular weight excluding hydrogens is 427 g/mol. The summed E-state index contributed by atoms with van der Waals surface area (Å²) in [4.78, 5) is 38.6. The molecular formula is C21H26F3N5O3. The van der Waals surface area contributed by atoms with Gasteiger partial charge >= 0.3 is 12.3 Å². The van der Waals surface area contributed by atoms with Gasteiger partial charge in [0.1, 0.15) is 11.7 Å². The molecule has 0 saturated carbocycles. The number of hydrogen-bond donors (Lipinski definition) is 1. The predicted octanol–water partition coefficient (Wildman–Crippen LogP) is 3.16. The molecule has 0 spiro atoms. The molecule has 1 aliphatic rings. The van der Waals surface area contributed by atoms with Crippen LogP contribution in [0.5, 0.6) is 0 Å². The van der Waals surface area contributed by atoms with Gasteiger partial charge in [-0.3, -0.25) is 9.69 Å². The fourth-order valence-electron chi connectivity index (χ4n) is 3.86. The van der Waals surface area contributed by atoms with Gasteiger partial charge in [-0.1, -0.05) is 0 Å². The largest absolute Gasteiger partial charge is 0.446 e. The van der Waals surface area contributed by atoms with Crippen molar-refractivity contribution in [3.05, 3.63) is 51.7 Å². The van der Waals surface area contributed by atoms with Gasteiger partial charge in [0.2, 0.25) is 5.95 Å². The Hall–Kier alpha value is -3.11. The number of hydrogen-bond acceptors (Lipinski definition) is 6. The van der Waals surface area contributed by atoms with Crippen LogP contribution in [0.3, 0.4) is 0 Å². The summed E-state index contributed by atoms with van der Waals surface area (Å²) in [6.07, 6.45) is -1.27. The quantitative estimate of drug-likeness (QED) is 0.765. The summed E-state index contributed by atoms with van der Waals surface area (Å²) in [6, 6.07) is 0.413. The van der Waals surface area contributed by atoms with Crippen LogP contribution >= 0.6 is 0 Å². The third-order valence-electron chi connectivity index (χ3n) is 5.27. The fourth-order valence-corrected chi connectivity index (χ4v) is 3.86. The summed E-state index contributed by atoms with van der Waals surface area (Å²) in [7, 11) is 0. The standard InChI is InChI=1S/C21H26F3N5O3/c1-12-7-26-19(27-8-12)28-10-13(2)29(14(3)11-28)20(31)32-15(4)5-16-6-17(21(22,23)24)18(30)25-9-16/h6-9,13-15H,5,10-11H2,1-4H3,(H,25,30)/t13-,14-,15+/m1/s1. The summed E-state index contributed by atoms with van der Waals surface area (Å²) in [6.45, 7) is 8.32. The van der Waals surface area contributed by atoms with E-state index in [-0.39, 0.29) is 24.1 Å². The molecule has 2 aromatic heterocycles. The molecule has 11 heteroatoms. The van der Waals surface area contributed by atoms with Crippen LogP contribution in [0.1, 0.15) is 37.5 Å². The number of carbonyl (C=O) groups excluding carboxylic acids is 1. The highest BCUT2D eigenvalue weighted by Gasteiger charge is 2.36. The van der Waals surface area contributed by atoms with Crippen LogP contribution in [0.25, 0.3) is 0 Å². The van der Waals surface area contributed by atoms with E-state index in [1.54, 1.807) is 24.2 Å². The number of piperazine rings is 1. The molecule has 0 aliphatic carbocycles. The third kappa shape index (κ3) is 5.38. The van der Waals surface area contributed by atoms with E-state index in [1.165, 1.54) is 6.20 Å². The first kappa shape index (κ1) is 23.6. The topological polar surface area (TPSA) is 91.4 Å². The van der Waals surface area contributed by atoms with Crippen LogP contribution in [-0.2, 0) is 17.3 Å². The Labute approximate surface area is 183 Å². The number of nitrogens with one attached hydrogen (secondary N) is 1. The minimum Gasteiger partial charge on any atom is -0.446 e. The molecule has 1 N–H and O–H groups in total. The molecule has 1 amide bonds. The third-order valence-corrected chi connectivity index (χ3v) is 5.27. The summed E-state index contributed by atoms with van der Waals surface area (Å²) in [5, 5.41) is 0. The van der Waals surface area contributed by atoms with E-state index in [4.69, 9.17) is 4.74 Å². The van der Waals surface area contributed by atoms with E-state index < -0.39 is 29.5 Å². The molecule has 3 atom stereocenters. The molecule has 8 nitrogen and oxygen atoms in total. The van der Waals surface area contributed by atoms with Crippen molar-refractivity contribution in [2.24, 2.45) is 0 Å². The van der Waals surface area contributed by atoms with Crippen molar-refractivity contribution in [1.82, 2.24) is 19.9 Å². The van der Waals surface area contributed by atoms with Gasteiger partial charge in [-0.05, 0) is 44.9 Å². The Balaban J connectivity index is 1.63. The first-order valence-corrected chi connectivity index (χ1v) is 10.3. The second-order valence-electron chi connectivity index (χ2n) is 8.22. The Kier molecular flexibility index (Phi) is 6.75. The molecule has 2 aromatic rings. The predicted molar refractivity (Wildman–Crippen MR) is 111 cm³/mol. The van der Waals surface area contributed by atoms with E-state index in [2.05, 4.69) is 15.0 Å². The lowest BCUT2D eigenvalue weighted by Crippen LogP contribution is -2.59. The van der Waals surface area contributed by atoms with Gasteiger partial charge in [-0.2, -0.15) is 13.2 Å². The molecule has 32 heavy (non-hydrogen) atoms. The van der Waals surface area contributed by atoms with Crippen molar-refractivity contribution in [2.75, 3.05) is 18.0 Å². The van der Waals surface area contributed by atoms with Crippen LogP contribution in [-0.4, -0.2) is 57.2 Å². The average molecular weight is 453 g/mol. The van der Waals surface area contributed by atoms with Gasteiger partial charge in [0.15, 0.2) is 0 Å². The van der Waals surface area contributed by atoms with E-state index in [9.17, 15) is 22.8 Å². The van der Waals surface area contributed by atoms with Crippen molar-refractivity contribution < 1.29 is 22.7 Å². The van der Waals surface area contributed by atoms with Gasteiger partial charge in [-0.15, -0.1) is 0 Å². The number of amides is 1. The van der Waals surface area contributed by atoms with Crippen LogP contribution in [0.15, 0.2) is 29.5 Å². The number of carbonyl (C=O) groups is 1. The first-order chi connectivity index (χ1) is 15.0. The lowest BCUT2D eigenvalue weighted by atomic mass is 10.1. The Morgan fingerprint density at radius 2 is 1.84 bits per heavy atom. The monoisotopic (exact) mass is 453 g/mol. The smallest absolute Gasteiger partial charge is 0.421 e. The van der Waals surface area contributed by atoms with Gasteiger partial charge in [0.05, 0.1) is 12.1 Å². The molecule has 0 aromatic carbocycles. The van der Waals surface area contributed by atoms with Crippen LogP contribution < -0.4 is 10.5 Å². The van der Waals surface area contributed by atoms with Crippen molar-refractivity contribution in [3.8, 4) is 0 Å². The number of aryl methyl sites for hydroxylation is 1. The molecule has 1 aliphatic heterocycles. The van der Waals surface area contributed by atoms with Crippen molar-refractivity contribution in [2.45, 2.75) is 58.5 Å². The Bertz CT molecular complexity index is 997. The summed E-state index contributed by atoms with van der Waals surface area (Å²) in [5.41, 5.74) is -1.30. The molecule has 1 saturated heterocycles. The molecule has 174 valence electrons. The molecule has 0 unspecified atom stereocenters. The number of aromatic amines is 1. The summed E-state index contributed by atoms with van der Waals surface area (Å²) < 4.78 is 44.4. The molecule has 0 bridgehead atoms. The number of aromatic nitrogens is 3. The minimum absolute atomic E-state index is 0.0333. The van der Waals surface area contributed by atoms with E-state index in [0.29, 0.717) is 19.0 Å². The van der Waals surface area contributed by atoms with Gasteiger partial charge in [0.25, 0.3) is 5.56 Å². The van der Waals surface area contributed by atoms with Crippen LogP contribution in [0.2, 0.25) is 0 Å². The van der Waals surface area contributed by atoms with Gasteiger partial charge in [0, 0.05) is 38.1 Å². The number of pyridine rings is 1. The van der Waals surface area contributed by atoms with Crippen LogP contribution in [0, 0.1) is 6.92 Å². The number of ether oxygens (including phenoxy) is 1. The number of alkyl halides is 3. The molecule has 3 rings (SSSR count). The highest BCUT2D eigenvalue weighted by molar-refractivity contribution is 5.69. The maximum absolute atomic E-state index is 13.0. The molecule has 1 fully saturated rings. The minimum atomic E-state index is -4.75. The lowest BCUT2D eigenvalue weighted by Gasteiger charge is -2.43. The number of halogens is 3. The maximum Gasteiger partial charge on any atom is 0.421 e. The zero-order chi connectivity index (χ0) is 23.6. The Morgan fingerprint density at radius 3 is 2.41 bits per heavy atom. The Morgan fingerprint density at radius 1 is 1.25 bits per heavy atom. The van der Waals surface area contributed by atoms with Crippen molar-refractivity contribution >= 4 is 12.0 Å². The zero-order valence-electron chi connectivity index (χ0n) is 18.3. The van der Waals surface area contributed by atoms with Crippen molar-refractivity contribution in [1.29, 1.82) is 0 Å². The highest BCUT2D eigenvalue weighted by atomic mass is 19.4. The number of anilines is 1. The highest BCUT2D eigenvalue weighted by Crippen LogP contribution is 2.27. The number of H-pyrrole nitrogens is 1. The van der Waals surface area contributed by atoms with Crippen molar-refractivity contribution in [3.63, 3.8) is 0 Å². The second-order valence-corrected chi connectivity index (χ2v) is 8.22. The number of rotatable bonds is 4. The SMILES string of the molecule is Cc1cnc(N2C[C@@H](C)N(C(=O)O[C@@H](C)Cc3c[nH]c(=O)c(C(F)(F)F)c3)[C@H](C)C2)nc1. The van der Waals surface area contributed by atoms with Crippen LogP contribution in [0.4, 0.5) is 23.9 Å². The van der Waals surface area contributed by atoms with E-state index >= 15 is 0 Å². The van der Waals surface area contributed by atoms with E-state index in [0.717, 1.165) is 11.6 Å². The summed E-state index contributed by atoms with van der Waals surface area (Å²) in [5.74, 6) is 0.592. The number of nitrogens with zero attached hydrogens (tertiary/aromatic N) is 4. The van der Waals surface area contributed by atoms with Gasteiger partial charge in [-0.25, -0.2) is 14.8 Å². The molecule has 3 heterocycles. The first-order valence-electron chi connectivity index (χ1n) is 10.3. The second kappa shape index (κ2) is 9.17.